The topological polar surface area (TPSA) is 133 Å². The molecule has 1 heterocycles. The van der Waals surface area contributed by atoms with Crippen molar-refractivity contribution in [2.45, 2.75) is 17.9 Å². The maximum Gasteiger partial charge on any atom is 0.267 e. The first kappa shape index (κ1) is 22.2. The number of primary sulfonamides is 1. The molecule has 162 valence electrons. The van der Waals surface area contributed by atoms with E-state index in [0.29, 0.717) is 30.0 Å². The minimum absolute atomic E-state index is 0.0284. The number of methoxy groups -OCH3 is 1. The number of nitrogens with zero attached hydrogens (tertiary/aromatic N) is 2. The van der Waals surface area contributed by atoms with E-state index in [0.717, 1.165) is 10.2 Å². The molecule has 1 aromatic heterocycles. The number of hydrogen-bond donors (Lipinski definition) is 2. The number of nitrogens with two attached hydrogens (primary N) is 1. The highest BCUT2D eigenvalue weighted by atomic mass is 32.2. The van der Waals surface area contributed by atoms with Crippen LogP contribution in [0.15, 0.2) is 70.4 Å². The molecule has 0 fully saturated rings. The van der Waals surface area contributed by atoms with Crippen molar-refractivity contribution in [3.8, 4) is 17.0 Å². The van der Waals surface area contributed by atoms with Gasteiger partial charge in [0.15, 0.2) is 0 Å². The van der Waals surface area contributed by atoms with Gasteiger partial charge in [0.25, 0.3) is 5.56 Å². The second-order valence-corrected chi connectivity index (χ2v) is 8.27. The molecule has 0 aliphatic heterocycles. The second-order valence-electron chi connectivity index (χ2n) is 6.70. The van der Waals surface area contributed by atoms with Gasteiger partial charge in [-0.1, -0.05) is 24.3 Å². The molecule has 10 heteroatoms. The lowest BCUT2D eigenvalue weighted by atomic mass is 10.1. The van der Waals surface area contributed by atoms with Gasteiger partial charge in [-0.3, -0.25) is 9.59 Å². The van der Waals surface area contributed by atoms with Crippen molar-refractivity contribution in [1.29, 1.82) is 0 Å². The molecule has 3 aromatic rings. The summed E-state index contributed by atoms with van der Waals surface area (Å²) < 4.78 is 29.0. The summed E-state index contributed by atoms with van der Waals surface area (Å²) in [5.74, 6) is 0.242. The highest BCUT2D eigenvalue weighted by Gasteiger charge is 2.11. The molecular weight excluding hydrogens is 420 g/mol. The first-order chi connectivity index (χ1) is 14.8. The summed E-state index contributed by atoms with van der Waals surface area (Å²) in [4.78, 5) is 24.4. The van der Waals surface area contributed by atoms with E-state index >= 15 is 0 Å². The van der Waals surface area contributed by atoms with E-state index in [1.807, 2.05) is 18.2 Å². The van der Waals surface area contributed by atoms with Crippen LogP contribution >= 0.6 is 0 Å². The second kappa shape index (κ2) is 9.54. The molecule has 0 saturated carbocycles. The Bertz CT molecular complexity index is 1240. The molecule has 0 aliphatic rings. The number of ether oxygens (including phenoxy) is 1. The molecule has 0 bridgehead atoms. The average Bonchev–Trinajstić information content (AvgIpc) is 2.75. The van der Waals surface area contributed by atoms with Crippen molar-refractivity contribution in [2.75, 3.05) is 13.7 Å². The van der Waals surface area contributed by atoms with Crippen molar-refractivity contribution in [3.05, 3.63) is 76.6 Å². The van der Waals surface area contributed by atoms with Crippen LogP contribution in [0.3, 0.4) is 0 Å². The Balaban J connectivity index is 1.62. The Hall–Kier alpha value is -3.50. The van der Waals surface area contributed by atoms with Gasteiger partial charge >= 0.3 is 0 Å². The standard InChI is InChI=1S/C21H22N4O5S/c1-30-19-5-3-2-4-17(19)18-10-11-21(27)25(24-18)14-20(26)23-13-12-15-6-8-16(9-7-15)31(22,28)29/h2-11H,12-14H2,1H3,(H,23,26)(H2,22,28,29). The fraction of sp³-hybridized carbons (Fsp3) is 0.190. The summed E-state index contributed by atoms with van der Waals surface area (Å²) >= 11 is 0. The Morgan fingerprint density at radius 1 is 1.10 bits per heavy atom. The largest absolute Gasteiger partial charge is 0.496 e. The Morgan fingerprint density at radius 3 is 2.48 bits per heavy atom. The van der Waals surface area contributed by atoms with Crippen LogP contribution in [0.25, 0.3) is 11.3 Å². The van der Waals surface area contributed by atoms with Crippen molar-refractivity contribution in [3.63, 3.8) is 0 Å². The van der Waals surface area contributed by atoms with Crippen LogP contribution in [0.1, 0.15) is 5.56 Å². The first-order valence-corrected chi connectivity index (χ1v) is 10.9. The third kappa shape index (κ3) is 5.77. The quantitative estimate of drug-likeness (QED) is 0.533. The number of rotatable bonds is 8. The number of benzene rings is 2. The van der Waals surface area contributed by atoms with E-state index in [1.165, 1.54) is 18.2 Å². The summed E-state index contributed by atoms with van der Waals surface area (Å²) in [6, 6.07) is 16.3. The Labute approximate surface area is 179 Å². The highest BCUT2D eigenvalue weighted by molar-refractivity contribution is 7.89. The number of nitrogens with one attached hydrogen (secondary N) is 1. The van der Waals surface area contributed by atoms with Gasteiger partial charge in [-0.2, -0.15) is 5.10 Å². The third-order valence-electron chi connectivity index (χ3n) is 4.53. The van der Waals surface area contributed by atoms with Gasteiger partial charge in [0.05, 0.1) is 17.7 Å². The first-order valence-electron chi connectivity index (χ1n) is 9.38. The number of hydrogen-bond acceptors (Lipinski definition) is 6. The summed E-state index contributed by atoms with van der Waals surface area (Å²) in [6.45, 7) is 0.0840. The van der Waals surface area contributed by atoms with Gasteiger partial charge in [0.1, 0.15) is 12.3 Å². The Morgan fingerprint density at radius 2 is 1.81 bits per heavy atom. The summed E-state index contributed by atoms with van der Waals surface area (Å²) in [5.41, 5.74) is 1.66. The van der Waals surface area contributed by atoms with E-state index < -0.39 is 15.6 Å². The molecule has 0 aliphatic carbocycles. The number of sulfonamides is 1. The van der Waals surface area contributed by atoms with Gasteiger partial charge in [-0.25, -0.2) is 18.2 Å². The van der Waals surface area contributed by atoms with E-state index in [2.05, 4.69) is 10.4 Å². The fourth-order valence-corrected chi connectivity index (χ4v) is 3.46. The lowest BCUT2D eigenvalue weighted by Crippen LogP contribution is -2.34. The molecular formula is C21H22N4O5S. The number of carbonyl (C=O) groups is 1. The van der Waals surface area contributed by atoms with Crippen molar-refractivity contribution >= 4 is 15.9 Å². The van der Waals surface area contributed by atoms with Crippen LogP contribution < -0.4 is 20.8 Å². The minimum atomic E-state index is -3.74. The molecule has 0 spiro atoms. The zero-order chi connectivity index (χ0) is 22.4. The van der Waals surface area contributed by atoms with Gasteiger partial charge in [-0.05, 0) is 42.3 Å². The van der Waals surface area contributed by atoms with Gasteiger partial charge < -0.3 is 10.1 Å². The predicted molar refractivity (Wildman–Crippen MR) is 115 cm³/mol. The zero-order valence-corrected chi connectivity index (χ0v) is 17.6. The zero-order valence-electron chi connectivity index (χ0n) is 16.8. The normalized spacial score (nSPS) is 11.2. The van der Waals surface area contributed by atoms with Crippen LogP contribution in [0.2, 0.25) is 0 Å². The summed E-state index contributed by atoms with van der Waals surface area (Å²) in [7, 11) is -2.19. The van der Waals surface area contributed by atoms with Crippen molar-refractivity contribution in [2.24, 2.45) is 5.14 Å². The molecule has 1 amide bonds. The maximum absolute atomic E-state index is 12.3. The van der Waals surface area contributed by atoms with Gasteiger partial charge in [0, 0.05) is 18.2 Å². The number of aromatic nitrogens is 2. The van der Waals surface area contributed by atoms with E-state index in [4.69, 9.17) is 9.88 Å². The molecule has 3 N–H and O–H groups in total. The molecule has 0 saturated heterocycles. The fourth-order valence-electron chi connectivity index (χ4n) is 2.95. The van der Waals surface area contributed by atoms with Crippen LogP contribution in [0, 0.1) is 0 Å². The maximum atomic E-state index is 12.3. The molecule has 0 unspecified atom stereocenters. The third-order valence-corrected chi connectivity index (χ3v) is 5.46. The Kier molecular flexibility index (Phi) is 6.83. The van der Waals surface area contributed by atoms with Crippen LogP contribution in [-0.4, -0.2) is 37.8 Å². The van der Waals surface area contributed by atoms with Gasteiger partial charge in [-0.15, -0.1) is 0 Å². The minimum Gasteiger partial charge on any atom is -0.496 e. The molecule has 31 heavy (non-hydrogen) atoms. The van der Waals surface area contributed by atoms with E-state index in [9.17, 15) is 18.0 Å². The van der Waals surface area contributed by atoms with Crippen molar-refractivity contribution in [1.82, 2.24) is 15.1 Å². The SMILES string of the molecule is COc1ccccc1-c1ccc(=O)n(CC(=O)NCCc2ccc(S(N)(=O)=O)cc2)n1. The highest BCUT2D eigenvalue weighted by Crippen LogP contribution is 2.27. The van der Waals surface area contributed by atoms with Crippen molar-refractivity contribution < 1.29 is 17.9 Å². The lowest BCUT2D eigenvalue weighted by molar-refractivity contribution is -0.121. The molecule has 3 rings (SSSR count). The van der Waals surface area contributed by atoms with E-state index in [-0.39, 0.29) is 17.3 Å². The van der Waals surface area contributed by atoms with Crippen LogP contribution in [0.5, 0.6) is 5.75 Å². The van der Waals surface area contributed by atoms with Crippen LogP contribution in [0.4, 0.5) is 0 Å². The lowest BCUT2D eigenvalue weighted by Gasteiger charge is -2.10. The van der Waals surface area contributed by atoms with Crippen LogP contribution in [-0.2, 0) is 27.8 Å². The average molecular weight is 442 g/mol. The van der Waals surface area contributed by atoms with E-state index in [1.54, 1.807) is 31.4 Å². The predicted octanol–water partition coefficient (Wildman–Crippen LogP) is 0.925. The number of amides is 1. The molecule has 0 radical (unpaired) electrons. The molecule has 2 aromatic carbocycles. The molecule has 9 nitrogen and oxygen atoms in total. The number of carbonyl (C=O) groups excluding carboxylic acids is 1. The van der Waals surface area contributed by atoms with Gasteiger partial charge in [0.2, 0.25) is 15.9 Å². The number of para-hydroxylation sites is 1. The molecule has 0 atom stereocenters. The summed E-state index contributed by atoms with van der Waals surface area (Å²) in [5, 5.41) is 12.1. The smallest absolute Gasteiger partial charge is 0.267 e. The monoisotopic (exact) mass is 442 g/mol. The summed E-state index contributed by atoms with van der Waals surface area (Å²) in [6.07, 6.45) is 0.486.